The monoisotopic (exact) mass is 484 g/mol. The van der Waals surface area contributed by atoms with Gasteiger partial charge in [0.05, 0.1) is 23.1 Å². The van der Waals surface area contributed by atoms with E-state index in [2.05, 4.69) is 11.8 Å². The number of piperidine rings is 1. The molecule has 0 aliphatic carbocycles. The second-order valence-electron chi connectivity index (χ2n) is 9.19. The molecule has 1 amide bonds. The molecule has 3 aliphatic rings. The number of nitrogens with zero attached hydrogens (tertiary/aromatic N) is 4. The van der Waals surface area contributed by atoms with Crippen molar-refractivity contribution in [3.05, 3.63) is 44.7 Å². The van der Waals surface area contributed by atoms with Crippen molar-refractivity contribution < 1.29 is 9.53 Å². The first kappa shape index (κ1) is 22.6. The first-order valence-corrected chi connectivity index (χ1v) is 12.8. The third-order valence-electron chi connectivity index (χ3n) is 6.63. The van der Waals surface area contributed by atoms with Crippen molar-refractivity contribution >= 4 is 51.7 Å². The quantitative estimate of drug-likeness (QED) is 0.485. The maximum atomic E-state index is 13.6. The summed E-state index contributed by atoms with van der Waals surface area (Å²) in [7, 11) is 0. The lowest BCUT2D eigenvalue weighted by Gasteiger charge is -2.32. The number of hydrogen-bond donors (Lipinski definition) is 0. The van der Waals surface area contributed by atoms with Gasteiger partial charge in [-0.05, 0) is 56.2 Å². The fraction of sp³-hybridized carbons (Fsp3) is 0.500. The molecule has 0 spiro atoms. The lowest BCUT2D eigenvalue weighted by molar-refractivity contribution is -0.123. The number of aromatic nitrogens is 2. The maximum Gasteiger partial charge on any atom is 0.267 e. The minimum Gasteiger partial charge on any atom is -0.376 e. The second-order valence-corrected chi connectivity index (χ2v) is 10.9. The van der Waals surface area contributed by atoms with Crippen molar-refractivity contribution in [2.24, 2.45) is 5.92 Å². The second kappa shape index (κ2) is 9.19. The molecule has 174 valence electrons. The van der Waals surface area contributed by atoms with E-state index in [1.54, 1.807) is 21.6 Å². The zero-order valence-electron chi connectivity index (χ0n) is 19.0. The number of anilines is 1. The van der Waals surface area contributed by atoms with Crippen LogP contribution in [-0.2, 0) is 9.53 Å². The number of carbonyl (C=O) groups is 1. The Hall–Kier alpha value is -2.23. The summed E-state index contributed by atoms with van der Waals surface area (Å²) in [5, 5.41) is 0. The van der Waals surface area contributed by atoms with Gasteiger partial charge in [-0.3, -0.25) is 18.9 Å². The third-order valence-corrected chi connectivity index (χ3v) is 8.01. The number of thioether (sulfide) groups is 1. The van der Waals surface area contributed by atoms with Crippen LogP contribution in [0.25, 0.3) is 11.7 Å². The molecule has 3 saturated heterocycles. The van der Waals surface area contributed by atoms with E-state index < -0.39 is 0 Å². The fourth-order valence-electron chi connectivity index (χ4n) is 4.62. The van der Waals surface area contributed by atoms with Gasteiger partial charge in [-0.15, -0.1) is 0 Å². The lowest BCUT2D eigenvalue weighted by atomic mass is 9.99. The number of fused-ring (bicyclic) bond motifs is 1. The molecule has 0 radical (unpaired) electrons. The molecule has 7 nitrogen and oxygen atoms in total. The standard InChI is InChI=1S/C24H28N4O3S2/c1-15-7-9-26(10-8-15)21-18(22(29)27-13-16(2)5-6-20(27)25-21)12-19-23(30)28(24(32)33-19)14-17-4-3-11-31-17/h5-6,12-13,15,17H,3-4,7-11,14H2,1-2H3/b19-12-/t17-/m1/s1. The zero-order chi connectivity index (χ0) is 23.1. The molecular formula is C24H28N4O3S2. The Morgan fingerprint density at radius 1 is 1.24 bits per heavy atom. The Kier molecular flexibility index (Phi) is 6.28. The number of rotatable bonds is 4. The SMILES string of the molecule is Cc1ccc2nc(N3CCC(C)CC3)c(/C=C3\SC(=S)N(C[C@H]4CCCO4)C3=O)c(=O)n2c1. The highest BCUT2D eigenvalue weighted by atomic mass is 32.2. The molecule has 0 unspecified atom stereocenters. The normalized spacial score (nSPS) is 23.5. The Morgan fingerprint density at radius 3 is 2.76 bits per heavy atom. The van der Waals surface area contributed by atoms with Gasteiger partial charge in [0.1, 0.15) is 15.8 Å². The van der Waals surface area contributed by atoms with Crippen LogP contribution in [0.1, 0.15) is 43.7 Å². The van der Waals surface area contributed by atoms with E-state index >= 15 is 0 Å². The first-order valence-electron chi connectivity index (χ1n) is 11.6. The van der Waals surface area contributed by atoms with Crippen LogP contribution < -0.4 is 10.5 Å². The molecule has 1 atom stereocenters. The predicted octanol–water partition coefficient (Wildman–Crippen LogP) is 3.62. The van der Waals surface area contributed by atoms with Gasteiger partial charge in [0.15, 0.2) is 0 Å². The summed E-state index contributed by atoms with van der Waals surface area (Å²) < 4.78 is 7.79. The highest BCUT2D eigenvalue weighted by molar-refractivity contribution is 8.26. The van der Waals surface area contributed by atoms with Gasteiger partial charge < -0.3 is 9.64 Å². The van der Waals surface area contributed by atoms with Crippen LogP contribution in [0.5, 0.6) is 0 Å². The fourth-order valence-corrected chi connectivity index (χ4v) is 5.87. The number of ether oxygens (including phenoxy) is 1. The number of carbonyl (C=O) groups excluding carboxylic acids is 1. The molecule has 33 heavy (non-hydrogen) atoms. The molecular weight excluding hydrogens is 456 g/mol. The number of amides is 1. The van der Waals surface area contributed by atoms with E-state index in [4.69, 9.17) is 21.9 Å². The van der Waals surface area contributed by atoms with Crippen LogP contribution in [0.2, 0.25) is 0 Å². The molecule has 0 aromatic carbocycles. The van der Waals surface area contributed by atoms with Crippen molar-refractivity contribution in [3.63, 3.8) is 0 Å². The number of thiocarbonyl (C=S) groups is 1. The van der Waals surface area contributed by atoms with E-state index in [1.165, 1.54) is 11.8 Å². The Labute approximate surface area is 202 Å². The first-order chi connectivity index (χ1) is 15.9. The third kappa shape index (κ3) is 4.46. The van der Waals surface area contributed by atoms with Crippen molar-refractivity contribution in [1.29, 1.82) is 0 Å². The van der Waals surface area contributed by atoms with Gasteiger partial charge >= 0.3 is 0 Å². The Balaban J connectivity index is 1.56. The highest BCUT2D eigenvalue weighted by Crippen LogP contribution is 2.35. The average Bonchev–Trinajstić information content (AvgIpc) is 3.41. The molecule has 9 heteroatoms. The molecule has 0 bridgehead atoms. The predicted molar refractivity (Wildman–Crippen MR) is 136 cm³/mol. The number of hydrogen-bond acceptors (Lipinski definition) is 7. The van der Waals surface area contributed by atoms with E-state index in [-0.39, 0.29) is 17.6 Å². The van der Waals surface area contributed by atoms with Gasteiger partial charge in [-0.2, -0.15) is 0 Å². The molecule has 2 aromatic rings. The van der Waals surface area contributed by atoms with Crippen LogP contribution in [0.3, 0.4) is 0 Å². The largest absolute Gasteiger partial charge is 0.376 e. The Morgan fingerprint density at radius 2 is 2.03 bits per heavy atom. The van der Waals surface area contributed by atoms with Gasteiger partial charge in [-0.25, -0.2) is 4.98 Å². The maximum absolute atomic E-state index is 13.6. The average molecular weight is 485 g/mol. The molecule has 0 N–H and O–H groups in total. The van der Waals surface area contributed by atoms with Crippen LogP contribution in [0.4, 0.5) is 5.82 Å². The van der Waals surface area contributed by atoms with Gasteiger partial charge in [0.25, 0.3) is 11.5 Å². The number of aryl methyl sites for hydroxylation is 1. The summed E-state index contributed by atoms with van der Waals surface area (Å²) in [6, 6.07) is 3.83. The van der Waals surface area contributed by atoms with Crippen LogP contribution >= 0.6 is 24.0 Å². The van der Waals surface area contributed by atoms with Crippen molar-refractivity contribution in [3.8, 4) is 0 Å². The molecule has 5 rings (SSSR count). The van der Waals surface area contributed by atoms with Gasteiger partial charge in [0, 0.05) is 25.9 Å². The van der Waals surface area contributed by atoms with Gasteiger partial charge in [-0.1, -0.05) is 37.0 Å². The molecule has 5 heterocycles. The smallest absolute Gasteiger partial charge is 0.267 e. The zero-order valence-corrected chi connectivity index (χ0v) is 20.6. The van der Waals surface area contributed by atoms with E-state index in [1.807, 2.05) is 19.1 Å². The minimum atomic E-state index is -0.165. The summed E-state index contributed by atoms with van der Waals surface area (Å²) in [6.07, 6.45) is 7.57. The topological polar surface area (TPSA) is 67.2 Å². The van der Waals surface area contributed by atoms with Crippen molar-refractivity contribution in [2.45, 2.75) is 45.6 Å². The molecule has 2 aromatic heterocycles. The van der Waals surface area contributed by atoms with Crippen LogP contribution in [-0.4, -0.2) is 56.9 Å². The summed E-state index contributed by atoms with van der Waals surface area (Å²) in [6.45, 7) is 7.08. The van der Waals surface area contributed by atoms with Crippen LogP contribution in [0, 0.1) is 12.8 Å². The molecule has 3 aliphatic heterocycles. The molecule has 0 saturated carbocycles. The van der Waals surface area contributed by atoms with Gasteiger partial charge in [0.2, 0.25) is 0 Å². The van der Waals surface area contributed by atoms with Crippen molar-refractivity contribution in [1.82, 2.24) is 14.3 Å². The summed E-state index contributed by atoms with van der Waals surface area (Å²) in [5.41, 5.74) is 1.87. The van der Waals surface area contributed by atoms with E-state index in [0.29, 0.717) is 38.7 Å². The number of pyridine rings is 1. The van der Waals surface area contributed by atoms with E-state index in [0.717, 1.165) is 50.9 Å². The summed E-state index contributed by atoms with van der Waals surface area (Å²) in [4.78, 5) is 36.0. The highest BCUT2D eigenvalue weighted by Gasteiger charge is 2.35. The van der Waals surface area contributed by atoms with E-state index in [9.17, 15) is 9.59 Å². The summed E-state index contributed by atoms with van der Waals surface area (Å²) in [5.74, 6) is 1.15. The van der Waals surface area contributed by atoms with Crippen molar-refractivity contribution in [2.75, 3.05) is 31.1 Å². The summed E-state index contributed by atoms with van der Waals surface area (Å²) >= 11 is 6.76. The Bertz CT molecular complexity index is 1190. The lowest BCUT2D eigenvalue weighted by Crippen LogP contribution is -2.36. The van der Waals surface area contributed by atoms with Crippen LogP contribution in [0.15, 0.2) is 28.0 Å². The molecule has 3 fully saturated rings. The minimum absolute atomic E-state index is 0.0219.